The average molecular weight is 311 g/mol. The van der Waals surface area contributed by atoms with Gasteiger partial charge in [-0.3, -0.25) is 10.1 Å². The molecule has 6 heteroatoms. The Morgan fingerprint density at radius 1 is 1.48 bits per heavy atom. The third-order valence-electron chi connectivity index (χ3n) is 4.08. The lowest BCUT2D eigenvalue weighted by atomic mass is 9.88. The number of carboxylic acid groups (broad SMARTS) is 1. The van der Waals surface area contributed by atoms with Gasteiger partial charge in [0.1, 0.15) is 11.8 Å². The van der Waals surface area contributed by atoms with Crippen LogP contribution in [0, 0.1) is 0 Å². The van der Waals surface area contributed by atoms with E-state index in [0.717, 1.165) is 34.3 Å². The highest BCUT2D eigenvalue weighted by Crippen LogP contribution is 2.38. The summed E-state index contributed by atoms with van der Waals surface area (Å²) in [5.41, 5.74) is 2.86. The van der Waals surface area contributed by atoms with Crippen molar-refractivity contribution in [2.75, 3.05) is 13.7 Å². The lowest BCUT2D eigenvalue weighted by molar-refractivity contribution is -0.140. The van der Waals surface area contributed by atoms with Crippen molar-refractivity contribution in [2.45, 2.75) is 25.3 Å². The quantitative estimate of drug-likeness (QED) is 0.815. The largest absolute Gasteiger partial charge is 0.497 e. The SMILES string of the molecule is CCC1CNC(C(=O)O)c2[nH]c3ccc(OC)cc3c21.Cl. The van der Waals surface area contributed by atoms with Crippen LogP contribution in [0.3, 0.4) is 0 Å². The number of fused-ring (bicyclic) bond motifs is 3. The number of carboxylic acids is 1. The van der Waals surface area contributed by atoms with E-state index in [-0.39, 0.29) is 12.4 Å². The fourth-order valence-corrected chi connectivity index (χ4v) is 3.03. The van der Waals surface area contributed by atoms with Crippen molar-refractivity contribution in [2.24, 2.45) is 0 Å². The number of H-pyrrole nitrogens is 1. The molecule has 0 spiro atoms. The molecule has 0 amide bonds. The van der Waals surface area contributed by atoms with E-state index >= 15 is 0 Å². The van der Waals surface area contributed by atoms with Crippen molar-refractivity contribution in [1.29, 1.82) is 0 Å². The van der Waals surface area contributed by atoms with E-state index < -0.39 is 12.0 Å². The molecule has 1 aliphatic rings. The number of ether oxygens (including phenoxy) is 1. The molecule has 3 rings (SSSR count). The third-order valence-corrected chi connectivity index (χ3v) is 4.08. The maximum Gasteiger partial charge on any atom is 0.326 e. The molecule has 0 saturated carbocycles. The average Bonchev–Trinajstić information content (AvgIpc) is 2.84. The molecule has 5 nitrogen and oxygen atoms in total. The van der Waals surface area contributed by atoms with E-state index in [0.29, 0.717) is 12.5 Å². The molecule has 0 saturated heterocycles. The highest BCUT2D eigenvalue weighted by molar-refractivity contribution is 5.89. The zero-order valence-corrected chi connectivity index (χ0v) is 12.8. The molecule has 2 aromatic rings. The Morgan fingerprint density at radius 2 is 2.24 bits per heavy atom. The summed E-state index contributed by atoms with van der Waals surface area (Å²) in [7, 11) is 1.64. The summed E-state index contributed by atoms with van der Waals surface area (Å²) < 4.78 is 5.28. The van der Waals surface area contributed by atoms with Gasteiger partial charge in [-0.1, -0.05) is 6.92 Å². The number of halogens is 1. The smallest absolute Gasteiger partial charge is 0.326 e. The van der Waals surface area contributed by atoms with Crippen LogP contribution in [-0.4, -0.2) is 29.7 Å². The summed E-state index contributed by atoms with van der Waals surface area (Å²) in [5.74, 6) is 0.264. The van der Waals surface area contributed by atoms with Gasteiger partial charge in [-0.15, -0.1) is 12.4 Å². The van der Waals surface area contributed by atoms with Gasteiger partial charge in [0.05, 0.1) is 7.11 Å². The zero-order valence-electron chi connectivity index (χ0n) is 12.0. The van der Waals surface area contributed by atoms with Crippen LogP contribution < -0.4 is 10.1 Å². The van der Waals surface area contributed by atoms with Crippen molar-refractivity contribution in [3.63, 3.8) is 0 Å². The molecule has 2 heterocycles. The van der Waals surface area contributed by atoms with Crippen molar-refractivity contribution < 1.29 is 14.6 Å². The van der Waals surface area contributed by atoms with Crippen LogP contribution >= 0.6 is 12.4 Å². The second kappa shape index (κ2) is 5.95. The highest BCUT2D eigenvalue weighted by Gasteiger charge is 2.33. The normalized spacial score (nSPS) is 20.7. The predicted molar refractivity (Wildman–Crippen MR) is 83.5 cm³/mol. The fraction of sp³-hybridized carbons (Fsp3) is 0.400. The molecule has 114 valence electrons. The number of aromatic amines is 1. The molecular weight excluding hydrogens is 292 g/mol. The molecule has 0 aliphatic carbocycles. The third kappa shape index (κ3) is 2.47. The summed E-state index contributed by atoms with van der Waals surface area (Å²) in [5, 5.41) is 13.5. The number of nitrogens with one attached hydrogen (secondary N) is 2. The van der Waals surface area contributed by atoms with Crippen molar-refractivity contribution >= 4 is 29.3 Å². The van der Waals surface area contributed by atoms with Crippen molar-refractivity contribution in [1.82, 2.24) is 10.3 Å². The van der Waals surface area contributed by atoms with Crippen LogP contribution in [0.2, 0.25) is 0 Å². The number of aliphatic carboxylic acids is 1. The van der Waals surface area contributed by atoms with Gasteiger partial charge in [0, 0.05) is 23.1 Å². The maximum atomic E-state index is 11.4. The number of hydrogen-bond donors (Lipinski definition) is 3. The molecule has 1 aromatic carbocycles. The first-order valence-electron chi connectivity index (χ1n) is 6.81. The van der Waals surface area contributed by atoms with Crippen molar-refractivity contribution in [3.8, 4) is 5.75 Å². The number of benzene rings is 1. The summed E-state index contributed by atoms with van der Waals surface area (Å²) in [6.45, 7) is 2.81. The Labute approximate surface area is 129 Å². The fourth-order valence-electron chi connectivity index (χ4n) is 3.03. The Bertz CT molecular complexity index is 668. The minimum Gasteiger partial charge on any atom is -0.497 e. The van der Waals surface area contributed by atoms with Crippen LogP contribution in [0.15, 0.2) is 18.2 Å². The molecule has 2 atom stereocenters. The van der Waals surface area contributed by atoms with E-state index in [9.17, 15) is 9.90 Å². The first-order valence-corrected chi connectivity index (χ1v) is 6.81. The van der Waals surface area contributed by atoms with Gasteiger partial charge in [-0.05, 0) is 36.1 Å². The van der Waals surface area contributed by atoms with Crippen molar-refractivity contribution in [3.05, 3.63) is 29.5 Å². The van der Waals surface area contributed by atoms with E-state index in [1.807, 2.05) is 18.2 Å². The molecule has 21 heavy (non-hydrogen) atoms. The Balaban J connectivity index is 0.00000161. The monoisotopic (exact) mass is 310 g/mol. The summed E-state index contributed by atoms with van der Waals surface area (Å²) >= 11 is 0. The van der Waals surface area contributed by atoms with E-state index in [1.54, 1.807) is 7.11 Å². The molecular formula is C15H19ClN2O3. The van der Waals surface area contributed by atoms with Gasteiger partial charge in [-0.2, -0.15) is 0 Å². The minimum absolute atomic E-state index is 0. The standard InChI is InChI=1S/C15H18N2O3.ClH/c1-3-8-7-16-14(15(18)19)13-12(8)10-6-9(20-2)4-5-11(10)17-13;/h4-6,8,14,16-17H,3,7H2,1-2H3,(H,18,19);1H. The number of rotatable bonds is 3. The molecule has 0 radical (unpaired) electrons. The number of methoxy groups -OCH3 is 1. The van der Waals surface area contributed by atoms with Crippen LogP contribution in [0.5, 0.6) is 5.75 Å². The molecule has 0 fully saturated rings. The lowest BCUT2D eigenvalue weighted by Crippen LogP contribution is -2.37. The Kier molecular flexibility index (Phi) is 4.44. The van der Waals surface area contributed by atoms with E-state index in [4.69, 9.17) is 4.74 Å². The minimum atomic E-state index is -0.848. The van der Waals surface area contributed by atoms with Crippen LogP contribution in [0.25, 0.3) is 10.9 Å². The predicted octanol–water partition coefficient (Wildman–Crippen LogP) is 2.82. The second-order valence-electron chi connectivity index (χ2n) is 5.15. The summed E-state index contributed by atoms with van der Waals surface area (Å²) in [6.07, 6.45) is 0.969. The number of hydrogen-bond acceptors (Lipinski definition) is 3. The van der Waals surface area contributed by atoms with Gasteiger partial charge in [0.15, 0.2) is 0 Å². The first-order chi connectivity index (χ1) is 9.65. The Morgan fingerprint density at radius 3 is 2.86 bits per heavy atom. The molecule has 0 bridgehead atoms. The topological polar surface area (TPSA) is 74.4 Å². The number of aromatic nitrogens is 1. The second-order valence-corrected chi connectivity index (χ2v) is 5.15. The first kappa shape index (κ1) is 15.7. The van der Waals surface area contributed by atoms with Gasteiger partial charge >= 0.3 is 5.97 Å². The molecule has 2 unspecified atom stereocenters. The zero-order chi connectivity index (χ0) is 14.3. The van der Waals surface area contributed by atoms with Crippen LogP contribution in [0.1, 0.15) is 36.6 Å². The Hall–Kier alpha value is -1.72. The summed E-state index contributed by atoms with van der Waals surface area (Å²) in [6, 6.07) is 5.15. The van der Waals surface area contributed by atoms with Gasteiger partial charge in [0.25, 0.3) is 0 Å². The molecule has 1 aromatic heterocycles. The van der Waals surface area contributed by atoms with Gasteiger partial charge in [0.2, 0.25) is 0 Å². The highest BCUT2D eigenvalue weighted by atomic mass is 35.5. The van der Waals surface area contributed by atoms with E-state index in [2.05, 4.69) is 17.2 Å². The maximum absolute atomic E-state index is 11.4. The molecule has 1 aliphatic heterocycles. The van der Waals surface area contributed by atoms with Crippen LogP contribution in [-0.2, 0) is 4.79 Å². The molecule has 3 N–H and O–H groups in total. The van der Waals surface area contributed by atoms with Gasteiger partial charge < -0.3 is 14.8 Å². The van der Waals surface area contributed by atoms with Gasteiger partial charge in [-0.25, -0.2) is 0 Å². The van der Waals surface area contributed by atoms with E-state index in [1.165, 1.54) is 0 Å². The number of carbonyl (C=O) groups is 1. The lowest BCUT2D eigenvalue weighted by Gasteiger charge is -2.27. The summed E-state index contributed by atoms with van der Waals surface area (Å²) in [4.78, 5) is 14.7. The van der Waals surface area contributed by atoms with Crippen LogP contribution in [0.4, 0.5) is 0 Å².